The molecule has 1 unspecified atom stereocenters. The number of anilines is 1. The zero-order valence-corrected chi connectivity index (χ0v) is 12.5. The van der Waals surface area contributed by atoms with E-state index in [9.17, 15) is 0 Å². The van der Waals surface area contributed by atoms with Gasteiger partial charge in [-0.15, -0.1) is 0 Å². The fraction of sp³-hybridized carbons (Fsp3) is 0.733. The third kappa shape index (κ3) is 4.72. The largest absolute Gasteiger partial charge is 0.378 e. The highest BCUT2D eigenvalue weighted by atomic mass is 16.5. The molecule has 1 aromatic heterocycles. The van der Waals surface area contributed by atoms with Crippen LogP contribution >= 0.6 is 0 Å². The predicted octanol–water partition coefficient (Wildman–Crippen LogP) is 2.56. The molecule has 1 N–H and O–H groups in total. The zero-order valence-electron chi connectivity index (χ0n) is 12.5. The summed E-state index contributed by atoms with van der Waals surface area (Å²) in [6.07, 6.45) is 5.65. The molecular weight excluding hydrogens is 254 g/mol. The van der Waals surface area contributed by atoms with Crippen molar-refractivity contribution in [2.24, 2.45) is 0 Å². The number of hydrogen-bond acceptors (Lipinski definition) is 5. The number of nitrogens with zero attached hydrogens (tertiary/aromatic N) is 2. The summed E-state index contributed by atoms with van der Waals surface area (Å²) in [4.78, 5) is 9.16. The van der Waals surface area contributed by atoms with Crippen molar-refractivity contribution in [3.05, 3.63) is 17.6 Å². The second kappa shape index (κ2) is 8.17. The van der Waals surface area contributed by atoms with Crippen molar-refractivity contribution < 1.29 is 9.47 Å². The molecule has 0 amide bonds. The molecular formula is C15H25N3O2. The molecule has 5 heteroatoms. The lowest BCUT2D eigenvalue weighted by Crippen LogP contribution is -2.23. The minimum absolute atomic E-state index is 0.264. The van der Waals surface area contributed by atoms with E-state index < -0.39 is 0 Å². The van der Waals surface area contributed by atoms with Gasteiger partial charge < -0.3 is 14.8 Å². The number of rotatable bonds is 7. The van der Waals surface area contributed by atoms with Crippen molar-refractivity contribution in [1.82, 2.24) is 9.97 Å². The maximum atomic E-state index is 5.77. The number of ether oxygens (including phenoxy) is 2. The molecule has 0 aromatic carbocycles. The number of methoxy groups -OCH3 is 1. The minimum Gasteiger partial charge on any atom is -0.378 e. The predicted molar refractivity (Wildman–Crippen MR) is 78.8 cm³/mol. The standard InChI is InChI=1S/C15H25N3O2/c1-3-7-16-14-9-12(11-19-2)17-15(18-14)10-13-6-4-5-8-20-13/h9,13H,3-8,10-11H2,1-2H3,(H,16,17,18). The van der Waals surface area contributed by atoms with Crippen LogP contribution in [-0.2, 0) is 22.5 Å². The highest BCUT2D eigenvalue weighted by Gasteiger charge is 2.16. The van der Waals surface area contributed by atoms with E-state index in [1.54, 1.807) is 7.11 Å². The van der Waals surface area contributed by atoms with Gasteiger partial charge in [0.05, 0.1) is 18.4 Å². The minimum atomic E-state index is 0.264. The van der Waals surface area contributed by atoms with Crippen molar-refractivity contribution in [3.8, 4) is 0 Å². The third-order valence-electron chi connectivity index (χ3n) is 3.36. The average Bonchev–Trinajstić information content (AvgIpc) is 2.46. The lowest BCUT2D eigenvalue weighted by molar-refractivity contribution is 0.0156. The van der Waals surface area contributed by atoms with E-state index in [0.717, 1.165) is 49.8 Å². The Morgan fingerprint density at radius 2 is 2.30 bits per heavy atom. The highest BCUT2D eigenvalue weighted by Crippen LogP contribution is 2.17. The summed E-state index contributed by atoms with van der Waals surface area (Å²) < 4.78 is 11.0. The maximum absolute atomic E-state index is 5.77. The lowest BCUT2D eigenvalue weighted by Gasteiger charge is -2.22. The van der Waals surface area contributed by atoms with Crippen LogP contribution in [0.4, 0.5) is 5.82 Å². The lowest BCUT2D eigenvalue weighted by atomic mass is 10.1. The van der Waals surface area contributed by atoms with Crippen molar-refractivity contribution in [1.29, 1.82) is 0 Å². The molecule has 1 aliphatic rings. The van der Waals surface area contributed by atoms with Crippen LogP contribution in [0.3, 0.4) is 0 Å². The van der Waals surface area contributed by atoms with Crippen LogP contribution in [0.25, 0.3) is 0 Å². The van der Waals surface area contributed by atoms with Crippen LogP contribution in [-0.4, -0.2) is 36.3 Å². The van der Waals surface area contributed by atoms with E-state index in [4.69, 9.17) is 9.47 Å². The van der Waals surface area contributed by atoms with Gasteiger partial charge >= 0.3 is 0 Å². The van der Waals surface area contributed by atoms with Crippen LogP contribution < -0.4 is 5.32 Å². The van der Waals surface area contributed by atoms with E-state index in [-0.39, 0.29) is 6.10 Å². The Morgan fingerprint density at radius 3 is 3.00 bits per heavy atom. The molecule has 1 aromatic rings. The quantitative estimate of drug-likeness (QED) is 0.831. The van der Waals surface area contributed by atoms with Crippen LogP contribution in [0.1, 0.15) is 44.1 Å². The Labute approximate surface area is 121 Å². The summed E-state index contributed by atoms with van der Waals surface area (Å²) in [5.41, 5.74) is 0.923. The van der Waals surface area contributed by atoms with Gasteiger partial charge in [0.15, 0.2) is 0 Å². The molecule has 0 spiro atoms. The van der Waals surface area contributed by atoms with Gasteiger partial charge in [-0.3, -0.25) is 0 Å². The van der Waals surface area contributed by atoms with Crippen molar-refractivity contribution >= 4 is 5.82 Å². The first-order valence-electron chi connectivity index (χ1n) is 7.53. The average molecular weight is 279 g/mol. The van der Waals surface area contributed by atoms with Gasteiger partial charge in [0.2, 0.25) is 0 Å². The number of nitrogens with one attached hydrogen (secondary N) is 1. The summed E-state index contributed by atoms with van der Waals surface area (Å²) >= 11 is 0. The molecule has 0 bridgehead atoms. The molecule has 0 radical (unpaired) electrons. The molecule has 5 nitrogen and oxygen atoms in total. The molecule has 1 aliphatic heterocycles. The highest BCUT2D eigenvalue weighted by molar-refractivity contribution is 5.36. The van der Waals surface area contributed by atoms with Crippen molar-refractivity contribution in [2.75, 3.05) is 25.6 Å². The first-order chi connectivity index (χ1) is 9.81. The normalized spacial score (nSPS) is 19.0. The van der Waals surface area contributed by atoms with Crippen LogP contribution in [0.15, 0.2) is 6.07 Å². The Balaban J connectivity index is 2.06. The van der Waals surface area contributed by atoms with Gasteiger partial charge in [0.1, 0.15) is 11.6 Å². The maximum Gasteiger partial charge on any atom is 0.133 e. The van der Waals surface area contributed by atoms with Crippen LogP contribution in [0, 0.1) is 0 Å². The monoisotopic (exact) mass is 279 g/mol. The fourth-order valence-corrected chi connectivity index (χ4v) is 2.38. The van der Waals surface area contributed by atoms with E-state index in [1.807, 2.05) is 6.07 Å². The van der Waals surface area contributed by atoms with E-state index in [2.05, 4.69) is 22.2 Å². The van der Waals surface area contributed by atoms with Crippen LogP contribution in [0.2, 0.25) is 0 Å². The Hall–Kier alpha value is -1.20. The van der Waals surface area contributed by atoms with Crippen LogP contribution in [0.5, 0.6) is 0 Å². The number of hydrogen-bond donors (Lipinski definition) is 1. The summed E-state index contributed by atoms with van der Waals surface area (Å²) in [5.74, 6) is 1.74. The smallest absolute Gasteiger partial charge is 0.133 e. The fourth-order valence-electron chi connectivity index (χ4n) is 2.38. The molecule has 112 valence electrons. The van der Waals surface area contributed by atoms with E-state index in [1.165, 1.54) is 12.8 Å². The Kier molecular flexibility index (Phi) is 6.21. The molecule has 0 saturated carbocycles. The van der Waals surface area contributed by atoms with Gasteiger partial charge in [-0.1, -0.05) is 6.92 Å². The summed E-state index contributed by atoms with van der Waals surface area (Å²) in [5, 5.41) is 3.32. The summed E-state index contributed by atoms with van der Waals surface area (Å²) in [6.45, 7) is 4.44. The molecule has 1 atom stereocenters. The van der Waals surface area contributed by atoms with Gasteiger partial charge in [-0.2, -0.15) is 0 Å². The van der Waals surface area contributed by atoms with E-state index >= 15 is 0 Å². The van der Waals surface area contributed by atoms with Crippen molar-refractivity contribution in [3.63, 3.8) is 0 Å². The second-order valence-corrected chi connectivity index (χ2v) is 5.21. The zero-order chi connectivity index (χ0) is 14.2. The molecule has 2 rings (SSSR count). The molecule has 2 heterocycles. The Bertz CT molecular complexity index is 406. The topological polar surface area (TPSA) is 56.3 Å². The van der Waals surface area contributed by atoms with Crippen molar-refractivity contribution in [2.45, 2.75) is 51.7 Å². The summed E-state index contributed by atoms with van der Waals surface area (Å²) in [7, 11) is 1.69. The molecule has 1 saturated heterocycles. The van der Waals surface area contributed by atoms with Gasteiger partial charge in [-0.25, -0.2) is 9.97 Å². The second-order valence-electron chi connectivity index (χ2n) is 5.21. The van der Waals surface area contributed by atoms with E-state index in [0.29, 0.717) is 6.61 Å². The molecule has 0 aliphatic carbocycles. The first-order valence-corrected chi connectivity index (χ1v) is 7.53. The first kappa shape index (κ1) is 15.2. The molecule has 1 fully saturated rings. The number of aromatic nitrogens is 2. The van der Waals surface area contributed by atoms with Gasteiger partial charge in [0, 0.05) is 32.7 Å². The Morgan fingerprint density at radius 1 is 1.40 bits per heavy atom. The van der Waals surface area contributed by atoms with Gasteiger partial charge in [0.25, 0.3) is 0 Å². The third-order valence-corrected chi connectivity index (χ3v) is 3.36. The SMILES string of the molecule is CCCNc1cc(COC)nc(CC2CCCCO2)n1. The molecule has 20 heavy (non-hydrogen) atoms. The van der Waals surface area contributed by atoms with Gasteiger partial charge in [-0.05, 0) is 25.7 Å². The summed E-state index contributed by atoms with van der Waals surface area (Å²) in [6, 6.07) is 1.96.